The van der Waals surface area contributed by atoms with Gasteiger partial charge in [0.25, 0.3) is 5.56 Å². The van der Waals surface area contributed by atoms with Crippen molar-refractivity contribution < 1.29 is 22.7 Å². The third-order valence-electron chi connectivity index (χ3n) is 4.00. The third kappa shape index (κ3) is 5.23. The van der Waals surface area contributed by atoms with Gasteiger partial charge in [0, 0.05) is 18.2 Å². The summed E-state index contributed by atoms with van der Waals surface area (Å²) in [5.41, 5.74) is 0.231. The van der Waals surface area contributed by atoms with Gasteiger partial charge in [-0.05, 0) is 30.5 Å². The van der Waals surface area contributed by atoms with Gasteiger partial charge < -0.3 is 10.1 Å². The van der Waals surface area contributed by atoms with Gasteiger partial charge in [0.05, 0.1) is 4.88 Å². The predicted octanol–water partition coefficient (Wildman–Crippen LogP) is 3.75. The summed E-state index contributed by atoms with van der Waals surface area (Å²) >= 11 is 1.44. The van der Waals surface area contributed by atoms with E-state index in [0.29, 0.717) is 5.69 Å². The Hall–Kier alpha value is -3.14. The quantitative estimate of drug-likeness (QED) is 0.656. The number of benzene rings is 1. The van der Waals surface area contributed by atoms with Crippen molar-refractivity contribution in [2.75, 3.05) is 0 Å². The number of halogens is 3. The van der Waals surface area contributed by atoms with Gasteiger partial charge in [0.1, 0.15) is 17.5 Å². The number of carbonyl (C=O) groups excluding carboxylic acids is 1. The molecule has 0 saturated heterocycles. The van der Waals surface area contributed by atoms with Crippen LogP contribution in [0, 0.1) is 0 Å². The van der Waals surface area contributed by atoms with E-state index in [-0.39, 0.29) is 12.1 Å². The molecular weight excluding hydrogens is 407 g/mol. The van der Waals surface area contributed by atoms with Crippen molar-refractivity contribution >= 4 is 17.2 Å². The van der Waals surface area contributed by atoms with Gasteiger partial charge in [0.15, 0.2) is 0 Å². The number of carbonyl (C=O) groups is 1. The lowest BCUT2D eigenvalue weighted by atomic mass is 10.2. The molecule has 1 aromatic carbocycles. The lowest BCUT2D eigenvalue weighted by Gasteiger charge is -2.16. The molecule has 2 heterocycles. The van der Waals surface area contributed by atoms with Crippen LogP contribution in [0.1, 0.15) is 18.5 Å². The van der Waals surface area contributed by atoms with E-state index in [9.17, 15) is 22.8 Å². The average molecular weight is 423 g/mol. The molecule has 1 unspecified atom stereocenters. The Balaban J connectivity index is 1.74. The molecule has 3 rings (SSSR count). The molecule has 3 aromatic rings. The average Bonchev–Trinajstić information content (AvgIpc) is 3.20. The van der Waals surface area contributed by atoms with Crippen LogP contribution in [-0.4, -0.2) is 22.1 Å². The normalized spacial score (nSPS) is 12.4. The van der Waals surface area contributed by atoms with Gasteiger partial charge >= 0.3 is 6.36 Å². The van der Waals surface area contributed by atoms with Crippen LogP contribution in [0.25, 0.3) is 10.6 Å². The van der Waals surface area contributed by atoms with Gasteiger partial charge in [-0.1, -0.05) is 24.3 Å². The number of aromatic nitrogens is 2. The topological polar surface area (TPSA) is 73.2 Å². The summed E-state index contributed by atoms with van der Waals surface area (Å²) in [7, 11) is 0. The van der Waals surface area contributed by atoms with Crippen molar-refractivity contribution in [1.29, 1.82) is 0 Å². The van der Waals surface area contributed by atoms with Gasteiger partial charge in [0.2, 0.25) is 5.91 Å². The zero-order chi connectivity index (χ0) is 21.0. The lowest BCUT2D eigenvalue weighted by molar-refractivity contribution is -0.274. The van der Waals surface area contributed by atoms with Crippen molar-refractivity contribution in [1.82, 2.24) is 15.1 Å². The summed E-state index contributed by atoms with van der Waals surface area (Å²) in [5, 5.41) is 8.62. The summed E-state index contributed by atoms with van der Waals surface area (Å²) in [6.45, 7) is 1.29. The fourth-order valence-electron chi connectivity index (χ4n) is 2.57. The zero-order valence-electron chi connectivity index (χ0n) is 15.1. The Morgan fingerprint density at radius 3 is 2.66 bits per heavy atom. The number of para-hydroxylation sites is 1. The van der Waals surface area contributed by atoms with Crippen LogP contribution < -0.4 is 15.6 Å². The van der Waals surface area contributed by atoms with Crippen molar-refractivity contribution in [2.45, 2.75) is 25.9 Å². The number of hydrogen-bond acceptors (Lipinski definition) is 5. The van der Waals surface area contributed by atoms with Crippen LogP contribution >= 0.6 is 11.3 Å². The molecule has 0 fully saturated rings. The number of alkyl halides is 3. The Morgan fingerprint density at radius 2 is 1.97 bits per heavy atom. The molecule has 0 aliphatic heterocycles. The van der Waals surface area contributed by atoms with Crippen molar-refractivity contribution in [3.05, 3.63) is 69.8 Å². The number of thiophene rings is 1. The Bertz CT molecular complexity index is 1050. The predicted molar refractivity (Wildman–Crippen MR) is 101 cm³/mol. The Labute approximate surface area is 167 Å². The van der Waals surface area contributed by atoms with E-state index in [2.05, 4.69) is 15.2 Å². The maximum Gasteiger partial charge on any atom is 0.573 e. The van der Waals surface area contributed by atoms with Crippen molar-refractivity contribution in [3.63, 3.8) is 0 Å². The SMILES string of the molecule is CC(C(=O)NCc1ccccc1OC(F)(F)F)n1nc(-c2cccs2)ccc1=O. The number of hydrogen-bond donors (Lipinski definition) is 1. The monoisotopic (exact) mass is 423 g/mol. The van der Waals surface area contributed by atoms with Crippen LogP contribution in [0.2, 0.25) is 0 Å². The highest BCUT2D eigenvalue weighted by Crippen LogP contribution is 2.26. The number of nitrogens with one attached hydrogen (secondary N) is 1. The standard InChI is InChI=1S/C19H16F3N3O3S/c1-12(25-17(26)9-8-14(24-25)16-7-4-10-29-16)18(27)23-11-13-5-2-3-6-15(13)28-19(20,21)22/h2-10,12H,11H2,1H3,(H,23,27). The highest BCUT2D eigenvalue weighted by atomic mass is 32.1. The van der Waals surface area contributed by atoms with E-state index < -0.39 is 29.6 Å². The first-order valence-electron chi connectivity index (χ1n) is 8.50. The Morgan fingerprint density at radius 1 is 1.21 bits per heavy atom. The van der Waals surface area contributed by atoms with Crippen LogP contribution in [0.5, 0.6) is 5.75 Å². The third-order valence-corrected chi connectivity index (χ3v) is 4.89. The maximum atomic E-state index is 12.5. The number of amides is 1. The minimum atomic E-state index is -4.84. The number of rotatable bonds is 6. The fraction of sp³-hybridized carbons (Fsp3) is 0.211. The largest absolute Gasteiger partial charge is 0.573 e. The molecule has 0 aliphatic rings. The zero-order valence-corrected chi connectivity index (χ0v) is 16.0. The fourth-order valence-corrected chi connectivity index (χ4v) is 3.26. The first kappa shape index (κ1) is 20.6. The van der Waals surface area contributed by atoms with Crippen LogP contribution in [0.3, 0.4) is 0 Å². The molecule has 6 nitrogen and oxygen atoms in total. The summed E-state index contributed by atoms with van der Waals surface area (Å²) in [6, 6.07) is 11.1. The molecule has 0 saturated carbocycles. The molecule has 10 heteroatoms. The molecule has 1 amide bonds. The first-order valence-corrected chi connectivity index (χ1v) is 9.37. The molecular formula is C19H16F3N3O3S. The van der Waals surface area contributed by atoms with Gasteiger partial charge in [-0.3, -0.25) is 9.59 Å². The second-order valence-corrected chi connectivity index (χ2v) is 6.98. The van der Waals surface area contributed by atoms with Crippen LogP contribution in [0.4, 0.5) is 13.2 Å². The summed E-state index contributed by atoms with van der Waals surface area (Å²) in [5.74, 6) is -0.965. The minimum Gasteiger partial charge on any atom is -0.405 e. The second-order valence-electron chi connectivity index (χ2n) is 6.03. The summed E-state index contributed by atoms with van der Waals surface area (Å²) in [6.07, 6.45) is -4.84. The van der Waals surface area contributed by atoms with Crippen LogP contribution in [-0.2, 0) is 11.3 Å². The van der Waals surface area contributed by atoms with E-state index in [4.69, 9.17) is 0 Å². The van der Waals surface area contributed by atoms with E-state index in [1.54, 1.807) is 6.07 Å². The number of nitrogens with zero attached hydrogens (tertiary/aromatic N) is 2. The van der Waals surface area contributed by atoms with E-state index in [1.165, 1.54) is 42.5 Å². The van der Waals surface area contributed by atoms with Gasteiger partial charge in [-0.25, -0.2) is 4.68 Å². The molecule has 0 spiro atoms. The van der Waals surface area contributed by atoms with E-state index in [1.807, 2.05) is 17.5 Å². The van der Waals surface area contributed by atoms with Gasteiger partial charge in [-0.2, -0.15) is 5.10 Å². The molecule has 1 atom stereocenters. The molecule has 0 radical (unpaired) electrons. The smallest absolute Gasteiger partial charge is 0.405 e. The summed E-state index contributed by atoms with van der Waals surface area (Å²) < 4.78 is 42.6. The lowest BCUT2D eigenvalue weighted by Crippen LogP contribution is -2.36. The molecule has 0 bridgehead atoms. The molecule has 152 valence electrons. The van der Waals surface area contributed by atoms with E-state index >= 15 is 0 Å². The molecule has 0 aliphatic carbocycles. The van der Waals surface area contributed by atoms with Crippen molar-refractivity contribution in [2.24, 2.45) is 0 Å². The number of ether oxygens (including phenoxy) is 1. The highest BCUT2D eigenvalue weighted by Gasteiger charge is 2.32. The molecule has 29 heavy (non-hydrogen) atoms. The molecule has 1 N–H and O–H groups in total. The van der Waals surface area contributed by atoms with E-state index in [0.717, 1.165) is 15.6 Å². The molecule has 2 aromatic heterocycles. The summed E-state index contributed by atoms with van der Waals surface area (Å²) in [4.78, 5) is 25.5. The van der Waals surface area contributed by atoms with Gasteiger partial charge in [-0.15, -0.1) is 24.5 Å². The minimum absolute atomic E-state index is 0.151. The van der Waals surface area contributed by atoms with Crippen molar-refractivity contribution in [3.8, 4) is 16.3 Å². The first-order chi connectivity index (χ1) is 13.7. The Kier molecular flexibility index (Phi) is 6.02. The second kappa shape index (κ2) is 8.48. The van der Waals surface area contributed by atoms with Crippen LogP contribution in [0.15, 0.2) is 58.7 Å². The highest BCUT2D eigenvalue weighted by molar-refractivity contribution is 7.13. The maximum absolute atomic E-state index is 12.5.